The highest BCUT2D eigenvalue weighted by Crippen LogP contribution is 2.36. The number of nitrogens with zero attached hydrogens (tertiary/aromatic N) is 2. The van der Waals surface area contributed by atoms with E-state index < -0.39 is 17.0 Å². The first kappa shape index (κ1) is 23.9. The maximum absolute atomic E-state index is 13.0. The Morgan fingerprint density at radius 2 is 2.00 bits per heavy atom. The van der Waals surface area contributed by atoms with Crippen LogP contribution < -0.4 is 14.8 Å². The summed E-state index contributed by atoms with van der Waals surface area (Å²) in [7, 11) is 1.53. The van der Waals surface area contributed by atoms with E-state index in [0.717, 1.165) is 17.8 Å². The van der Waals surface area contributed by atoms with Gasteiger partial charge in [0.2, 0.25) is 5.91 Å². The van der Waals surface area contributed by atoms with Crippen LogP contribution in [0.5, 0.6) is 11.5 Å². The Labute approximate surface area is 191 Å². The number of amides is 1. The Hall–Kier alpha value is -2.72. The summed E-state index contributed by atoms with van der Waals surface area (Å²) in [5.41, 5.74) is 0.131. The first-order chi connectivity index (χ1) is 15.2. The van der Waals surface area contributed by atoms with E-state index in [9.17, 15) is 18.0 Å². The molecule has 3 rings (SSSR count). The molecule has 1 unspecified atom stereocenters. The van der Waals surface area contributed by atoms with E-state index in [-0.39, 0.29) is 22.5 Å². The van der Waals surface area contributed by atoms with Gasteiger partial charge in [-0.2, -0.15) is 18.3 Å². The number of halogens is 4. The average molecular weight is 486 g/mol. The van der Waals surface area contributed by atoms with Gasteiger partial charge in [-0.05, 0) is 54.8 Å². The normalized spacial score (nSPS) is 17.8. The van der Waals surface area contributed by atoms with Crippen molar-refractivity contribution < 1.29 is 27.4 Å². The van der Waals surface area contributed by atoms with Gasteiger partial charge in [-0.3, -0.25) is 4.79 Å². The molecule has 1 aliphatic rings. The van der Waals surface area contributed by atoms with Gasteiger partial charge < -0.3 is 14.8 Å². The van der Waals surface area contributed by atoms with E-state index in [1.165, 1.54) is 25.5 Å². The quantitative estimate of drug-likeness (QED) is 0.446. The molecule has 0 bridgehead atoms. The van der Waals surface area contributed by atoms with Crippen LogP contribution in [-0.4, -0.2) is 36.3 Å². The van der Waals surface area contributed by atoms with E-state index in [4.69, 9.17) is 21.1 Å². The van der Waals surface area contributed by atoms with Crippen LogP contribution >= 0.6 is 23.4 Å². The van der Waals surface area contributed by atoms with Crippen molar-refractivity contribution in [1.82, 2.24) is 5.32 Å². The molecule has 170 valence electrons. The van der Waals surface area contributed by atoms with E-state index in [0.29, 0.717) is 29.2 Å². The second-order valence-electron chi connectivity index (χ2n) is 6.60. The highest BCUT2D eigenvalue weighted by Gasteiger charge is 2.35. The standard InChI is InChI=1S/C21H19ClF3N3O3S/c1-3-31-16-7-5-13(9-17(16)30-2)11-26-28-20-27-19(29)18(32-20)10-12-4-6-15(22)14(8-12)21(23,24)25/h4-9,11,18H,3,10H2,1-2H3,(H,27,28,29)/b26-11+. The maximum atomic E-state index is 13.0. The van der Waals surface area contributed by atoms with Crippen molar-refractivity contribution in [2.45, 2.75) is 24.8 Å². The van der Waals surface area contributed by atoms with E-state index in [2.05, 4.69) is 15.5 Å². The number of thioether (sulfide) groups is 1. The van der Waals surface area contributed by atoms with E-state index in [1.54, 1.807) is 18.2 Å². The second-order valence-corrected chi connectivity index (χ2v) is 8.20. The third-order valence-corrected chi connectivity index (χ3v) is 5.78. The van der Waals surface area contributed by atoms with Crippen molar-refractivity contribution in [3.63, 3.8) is 0 Å². The summed E-state index contributed by atoms with van der Waals surface area (Å²) in [6, 6.07) is 8.87. The number of hydrogen-bond donors (Lipinski definition) is 1. The molecule has 1 atom stereocenters. The Morgan fingerprint density at radius 1 is 1.22 bits per heavy atom. The number of alkyl halides is 3. The zero-order valence-corrected chi connectivity index (χ0v) is 18.6. The summed E-state index contributed by atoms with van der Waals surface area (Å²) in [6.07, 6.45) is -2.99. The monoisotopic (exact) mass is 485 g/mol. The molecule has 0 saturated carbocycles. The molecule has 1 fully saturated rings. The van der Waals surface area contributed by atoms with Gasteiger partial charge in [0.25, 0.3) is 0 Å². The molecule has 0 aliphatic carbocycles. The lowest BCUT2D eigenvalue weighted by Crippen LogP contribution is -2.26. The molecular formula is C21H19ClF3N3O3S. The van der Waals surface area contributed by atoms with Crippen molar-refractivity contribution in [2.75, 3.05) is 13.7 Å². The van der Waals surface area contributed by atoms with Crippen molar-refractivity contribution in [1.29, 1.82) is 0 Å². The molecule has 32 heavy (non-hydrogen) atoms. The third-order valence-electron chi connectivity index (χ3n) is 4.38. The summed E-state index contributed by atoms with van der Waals surface area (Å²) in [4.78, 5) is 12.2. The molecular weight excluding hydrogens is 467 g/mol. The number of nitrogens with one attached hydrogen (secondary N) is 1. The molecule has 11 heteroatoms. The van der Waals surface area contributed by atoms with Crippen LogP contribution in [0.2, 0.25) is 5.02 Å². The zero-order valence-electron chi connectivity index (χ0n) is 17.1. The summed E-state index contributed by atoms with van der Waals surface area (Å²) < 4.78 is 49.9. The number of methoxy groups -OCH3 is 1. The Morgan fingerprint density at radius 3 is 2.69 bits per heavy atom. The number of benzene rings is 2. The summed E-state index contributed by atoms with van der Waals surface area (Å²) in [5, 5.41) is 9.80. The van der Waals surface area contributed by atoms with Gasteiger partial charge >= 0.3 is 6.18 Å². The Balaban J connectivity index is 1.67. The summed E-state index contributed by atoms with van der Waals surface area (Å²) in [6.45, 7) is 2.37. The topological polar surface area (TPSA) is 72.3 Å². The number of carbonyl (C=O) groups is 1. The zero-order chi connectivity index (χ0) is 23.3. The summed E-state index contributed by atoms with van der Waals surface area (Å²) in [5.74, 6) is 0.805. The molecule has 2 aromatic carbocycles. The molecule has 0 radical (unpaired) electrons. The lowest BCUT2D eigenvalue weighted by molar-refractivity contribution is -0.137. The van der Waals surface area contributed by atoms with Crippen LogP contribution in [0.15, 0.2) is 46.6 Å². The van der Waals surface area contributed by atoms with Gasteiger partial charge in [-0.15, -0.1) is 5.10 Å². The van der Waals surface area contributed by atoms with Gasteiger partial charge in [0.15, 0.2) is 16.7 Å². The van der Waals surface area contributed by atoms with Gasteiger partial charge in [-0.1, -0.05) is 29.4 Å². The number of carbonyl (C=O) groups excluding carboxylic acids is 1. The van der Waals surface area contributed by atoms with Gasteiger partial charge in [0.05, 0.1) is 35.8 Å². The minimum Gasteiger partial charge on any atom is -0.493 e. The molecule has 1 aliphatic heterocycles. The van der Waals surface area contributed by atoms with Crippen LogP contribution in [0.1, 0.15) is 23.6 Å². The van der Waals surface area contributed by atoms with Crippen molar-refractivity contribution >= 4 is 40.7 Å². The van der Waals surface area contributed by atoms with E-state index >= 15 is 0 Å². The van der Waals surface area contributed by atoms with Gasteiger partial charge in [-0.25, -0.2) is 0 Å². The predicted molar refractivity (Wildman–Crippen MR) is 119 cm³/mol. The van der Waals surface area contributed by atoms with Gasteiger partial charge in [0, 0.05) is 0 Å². The number of hydrogen-bond acceptors (Lipinski definition) is 6. The fourth-order valence-corrected chi connectivity index (χ4v) is 4.09. The largest absolute Gasteiger partial charge is 0.493 e. The lowest BCUT2D eigenvalue weighted by Gasteiger charge is -2.12. The molecule has 2 aromatic rings. The van der Waals surface area contributed by atoms with Crippen molar-refractivity contribution in [2.24, 2.45) is 10.2 Å². The predicted octanol–water partition coefficient (Wildman–Crippen LogP) is 4.93. The van der Waals surface area contributed by atoms with Crippen molar-refractivity contribution in [3.8, 4) is 11.5 Å². The molecule has 1 N–H and O–H groups in total. The SMILES string of the molecule is CCOc1ccc(/C=N/N=C2\NC(=O)C(Cc3ccc(Cl)c(C(F)(F)F)c3)S2)cc1OC. The number of amidine groups is 1. The van der Waals surface area contributed by atoms with E-state index in [1.807, 2.05) is 6.92 Å². The maximum Gasteiger partial charge on any atom is 0.417 e. The molecule has 0 spiro atoms. The molecule has 0 aromatic heterocycles. The highest BCUT2D eigenvalue weighted by atomic mass is 35.5. The fraction of sp³-hybridized carbons (Fsp3) is 0.286. The van der Waals surface area contributed by atoms with Gasteiger partial charge in [0.1, 0.15) is 0 Å². The molecule has 6 nitrogen and oxygen atoms in total. The lowest BCUT2D eigenvalue weighted by atomic mass is 10.1. The van der Waals surface area contributed by atoms with Crippen LogP contribution in [-0.2, 0) is 17.4 Å². The second kappa shape index (κ2) is 10.3. The Kier molecular flexibility index (Phi) is 7.68. The van der Waals surface area contributed by atoms with Crippen LogP contribution in [0, 0.1) is 0 Å². The molecule has 1 amide bonds. The first-order valence-electron chi connectivity index (χ1n) is 9.46. The van der Waals surface area contributed by atoms with Crippen molar-refractivity contribution in [3.05, 3.63) is 58.1 Å². The Bertz CT molecular complexity index is 1060. The number of ether oxygens (including phenoxy) is 2. The molecule has 1 heterocycles. The van der Waals surface area contributed by atoms with Crippen LogP contribution in [0.25, 0.3) is 0 Å². The first-order valence-corrected chi connectivity index (χ1v) is 10.7. The van der Waals surface area contributed by atoms with Crippen LogP contribution in [0.3, 0.4) is 0 Å². The minimum atomic E-state index is -4.57. The smallest absolute Gasteiger partial charge is 0.417 e. The molecule has 1 saturated heterocycles. The highest BCUT2D eigenvalue weighted by molar-refractivity contribution is 8.15. The summed E-state index contributed by atoms with van der Waals surface area (Å²) >= 11 is 6.75. The average Bonchev–Trinajstić information content (AvgIpc) is 3.08. The fourth-order valence-electron chi connectivity index (χ4n) is 2.90. The third kappa shape index (κ3) is 5.95. The van der Waals surface area contributed by atoms with Crippen LogP contribution in [0.4, 0.5) is 13.2 Å². The minimum absolute atomic E-state index is 0.0928. The number of rotatable bonds is 7.